The van der Waals surface area contributed by atoms with E-state index in [9.17, 15) is 28.8 Å². The standard InChI is InChI=1S/C36H41ClN2O9/c1-4-5-6-7-8-9-10-11-12-15-20-46-33(43)23-18-19-26(37)27(21-23)38-32(42)30(39-34(44)36(2,3)48-35(39)45)31(41)25-22-29(40)47-28-17-14-13-16-24(25)28/h13-14,16-19,21-22,30H,4-12,15,20H2,1-3H3,(H,38,42). The first-order chi connectivity index (χ1) is 22.9. The second-order valence-corrected chi connectivity index (χ2v) is 12.7. The third-order valence-electron chi connectivity index (χ3n) is 8.13. The molecule has 0 bridgehead atoms. The van der Waals surface area contributed by atoms with Crippen molar-refractivity contribution in [2.75, 3.05) is 11.9 Å². The maximum atomic E-state index is 14.0. The van der Waals surface area contributed by atoms with Crippen LogP contribution in [0.2, 0.25) is 5.02 Å². The summed E-state index contributed by atoms with van der Waals surface area (Å²) in [6.45, 7) is 5.07. The molecule has 1 N–H and O–H groups in total. The lowest BCUT2D eigenvalue weighted by Crippen LogP contribution is -2.53. The lowest BCUT2D eigenvalue weighted by atomic mass is 9.98. The normalized spacial score (nSPS) is 14.5. The van der Waals surface area contributed by atoms with E-state index in [4.69, 9.17) is 25.5 Å². The molecule has 1 aliphatic heterocycles. The molecule has 256 valence electrons. The number of carbonyl (C=O) groups excluding carboxylic acids is 5. The van der Waals surface area contributed by atoms with Crippen molar-refractivity contribution < 1.29 is 37.9 Å². The highest BCUT2D eigenvalue weighted by molar-refractivity contribution is 6.34. The minimum Gasteiger partial charge on any atom is -0.462 e. The first-order valence-corrected chi connectivity index (χ1v) is 16.7. The van der Waals surface area contributed by atoms with Crippen LogP contribution >= 0.6 is 11.6 Å². The highest BCUT2D eigenvalue weighted by Crippen LogP contribution is 2.30. The van der Waals surface area contributed by atoms with E-state index in [1.807, 2.05) is 0 Å². The van der Waals surface area contributed by atoms with E-state index in [2.05, 4.69) is 12.2 Å². The van der Waals surface area contributed by atoms with Crippen molar-refractivity contribution in [2.24, 2.45) is 0 Å². The lowest BCUT2D eigenvalue weighted by Gasteiger charge is -2.23. The zero-order valence-corrected chi connectivity index (χ0v) is 28.2. The molecule has 12 heteroatoms. The van der Waals surface area contributed by atoms with Gasteiger partial charge in [-0.1, -0.05) is 94.5 Å². The number of para-hydroxylation sites is 1. The maximum Gasteiger partial charge on any atom is 0.418 e. The highest BCUT2D eigenvalue weighted by Gasteiger charge is 2.54. The van der Waals surface area contributed by atoms with Crippen molar-refractivity contribution in [1.82, 2.24) is 4.90 Å². The molecule has 1 aromatic heterocycles. The van der Waals surface area contributed by atoms with E-state index in [-0.39, 0.29) is 39.4 Å². The Morgan fingerprint density at radius 3 is 2.19 bits per heavy atom. The van der Waals surface area contributed by atoms with Crippen molar-refractivity contribution >= 4 is 57.9 Å². The van der Waals surface area contributed by atoms with E-state index in [1.165, 1.54) is 82.7 Å². The Balaban J connectivity index is 1.47. The first kappa shape index (κ1) is 36.3. The number of esters is 1. The number of fused-ring (bicyclic) bond motifs is 1. The summed E-state index contributed by atoms with van der Waals surface area (Å²) in [5, 5.41) is 2.67. The average molecular weight is 681 g/mol. The molecular weight excluding hydrogens is 640 g/mol. The number of benzene rings is 2. The van der Waals surface area contributed by atoms with E-state index < -0.39 is 46.9 Å². The van der Waals surface area contributed by atoms with E-state index >= 15 is 0 Å². The molecule has 0 aliphatic carbocycles. The van der Waals surface area contributed by atoms with Gasteiger partial charge in [-0.25, -0.2) is 19.3 Å². The van der Waals surface area contributed by atoms with E-state index in [1.54, 1.807) is 12.1 Å². The minimum atomic E-state index is -2.10. The maximum absolute atomic E-state index is 14.0. The molecule has 2 aromatic carbocycles. The molecule has 1 atom stereocenters. The minimum absolute atomic E-state index is 0.0160. The van der Waals surface area contributed by atoms with Crippen LogP contribution < -0.4 is 10.9 Å². The van der Waals surface area contributed by atoms with Gasteiger partial charge >= 0.3 is 17.7 Å². The molecule has 3 amide bonds. The largest absolute Gasteiger partial charge is 0.462 e. The summed E-state index contributed by atoms with van der Waals surface area (Å²) in [5.41, 5.74) is -2.70. The third-order valence-corrected chi connectivity index (χ3v) is 8.46. The van der Waals surface area contributed by atoms with Gasteiger partial charge in [0, 0.05) is 17.0 Å². The molecule has 1 aliphatic rings. The molecule has 1 saturated heterocycles. The molecule has 11 nitrogen and oxygen atoms in total. The van der Waals surface area contributed by atoms with Crippen LogP contribution in [0.4, 0.5) is 10.5 Å². The summed E-state index contributed by atoms with van der Waals surface area (Å²) < 4.78 is 15.8. The van der Waals surface area contributed by atoms with Gasteiger partial charge in [0.25, 0.3) is 11.8 Å². The Kier molecular flexibility index (Phi) is 12.5. The number of Topliss-reactive ketones (excluding diaryl/α,β-unsaturated/α-hetero) is 1. The number of imide groups is 1. The number of hydrogen-bond donors (Lipinski definition) is 1. The van der Waals surface area contributed by atoms with Gasteiger partial charge in [-0.3, -0.25) is 14.4 Å². The Labute approximate surface area is 283 Å². The number of nitrogens with one attached hydrogen (secondary N) is 1. The Hall–Kier alpha value is -4.51. The fourth-order valence-electron chi connectivity index (χ4n) is 5.51. The predicted molar refractivity (Wildman–Crippen MR) is 180 cm³/mol. The number of carbonyl (C=O) groups is 5. The second kappa shape index (κ2) is 16.5. The summed E-state index contributed by atoms with van der Waals surface area (Å²) in [6, 6.07) is 9.01. The number of rotatable bonds is 17. The molecule has 3 aromatic rings. The van der Waals surface area contributed by atoms with Crippen LogP contribution in [0.25, 0.3) is 11.0 Å². The number of anilines is 1. The van der Waals surface area contributed by atoms with Crippen LogP contribution in [0.3, 0.4) is 0 Å². The third kappa shape index (κ3) is 8.89. The molecule has 2 heterocycles. The summed E-state index contributed by atoms with van der Waals surface area (Å²) >= 11 is 6.35. The summed E-state index contributed by atoms with van der Waals surface area (Å²) in [5.74, 6) is -3.74. The molecule has 0 radical (unpaired) electrons. The van der Waals surface area contributed by atoms with Gasteiger partial charge in [0.15, 0.2) is 17.4 Å². The highest BCUT2D eigenvalue weighted by atomic mass is 35.5. The van der Waals surface area contributed by atoms with Crippen LogP contribution in [0, 0.1) is 0 Å². The molecule has 1 unspecified atom stereocenters. The fourth-order valence-corrected chi connectivity index (χ4v) is 5.67. The molecule has 0 spiro atoms. The molecular formula is C36H41ClN2O9. The van der Waals surface area contributed by atoms with Crippen molar-refractivity contribution in [1.29, 1.82) is 0 Å². The van der Waals surface area contributed by atoms with E-state index in [0.29, 0.717) is 11.3 Å². The van der Waals surface area contributed by atoms with Gasteiger partial charge in [0.2, 0.25) is 0 Å². The molecule has 4 rings (SSSR count). The van der Waals surface area contributed by atoms with Crippen LogP contribution in [0.1, 0.15) is 106 Å². The molecule has 0 saturated carbocycles. The number of hydrogen-bond acceptors (Lipinski definition) is 9. The van der Waals surface area contributed by atoms with Gasteiger partial charge in [-0.15, -0.1) is 0 Å². The topological polar surface area (TPSA) is 149 Å². The van der Waals surface area contributed by atoms with Gasteiger partial charge in [-0.2, -0.15) is 0 Å². The fraction of sp³-hybridized carbons (Fsp3) is 0.444. The van der Waals surface area contributed by atoms with Gasteiger partial charge in [0.1, 0.15) is 5.58 Å². The number of halogens is 1. The first-order valence-electron chi connectivity index (χ1n) is 16.4. The predicted octanol–water partition coefficient (Wildman–Crippen LogP) is 7.47. The number of nitrogens with zero attached hydrogens (tertiary/aromatic N) is 1. The zero-order chi connectivity index (χ0) is 34.8. The van der Waals surface area contributed by atoms with Crippen LogP contribution in [-0.4, -0.2) is 52.8 Å². The van der Waals surface area contributed by atoms with Gasteiger partial charge in [0.05, 0.1) is 22.9 Å². The Morgan fingerprint density at radius 2 is 1.54 bits per heavy atom. The number of cyclic esters (lactones) is 1. The summed E-state index contributed by atoms with van der Waals surface area (Å²) in [4.78, 5) is 79.6. The summed E-state index contributed by atoms with van der Waals surface area (Å²) in [7, 11) is 0. The Bertz CT molecular complexity index is 1730. The number of amides is 3. The van der Waals surface area contributed by atoms with Crippen molar-refractivity contribution in [3.8, 4) is 0 Å². The molecule has 1 fully saturated rings. The van der Waals surface area contributed by atoms with Crippen molar-refractivity contribution in [3.63, 3.8) is 0 Å². The number of ketones is 1. The summed E-state index contributed by atoms with van der Waals surface area (Å²) in [6.07, 6.45) is 10.2. The lowest BCUT2D eigenvalue weighted by molar-refractivity contribution is -0.137. The van der Waals surface area contributed by atoms with Gasteiger partial charge < -0.3 is 19.2 Å². The SMILES string of the molecule is CCCCCCCCCCCCOC(=O)c1ccc(Cl)c(NC(=O)C(C(=O)c2cc(=O)oc3ccccc23)N2C(=O)OC(C)(C)C2=O)c1. The monoisotopic (exact) mass is 680 g/mol. The zero-order valence-electron chi connectivity index (χ0n) is 27.5. The van der Waals surface area contributed by atoms with Crippen LogP contribution in [0.15, 0.2) is 57.7 Å². The smallest absolute Gasteiger partial charge is 0.418 e. The number of ether oxygens (including phenoxy) is 2. The van der Waals surface area contributed by atoms with Crippen LogP contribution in [0.5, 0.6) is 0 Å². The number of unbranched alkanes of at least 4 members (excludes halogenated alkanes) is 9. The van der Waals surface area contributed by atoms with Crippen molar-refractivity contribution in [2.45, 2.75) is 96.6 Å². The van der Waals surface area contributed by atoms with E-state index in [0.717, 1.165) is 25.3 Å². The quantitative estimate of drug-likeness (QED) is 0.0503. The molecule has 48 heavy (non-hydrogen) atoms. The Morgan fingerprint density at radius 1 is 0.896 bits per heavy atom. The average Bonchev–Trinajstić information content (AvgIpc) is 3.25. The second-order valence-electron chi connectivity index (χ2n) is 12.3. The van der Waals surface area contributed by atoms with Crippen molar-refractivity contribution in [3.05, 3.63) is 75.1 Å². The van der Waals surface area contributed by atoms with Gasteiger partial charge in [-0.05, 0) is 44.5 Å². The van der Waals surface area contributed by atoms with Crippen LogP contribution in [-0.2, 0) is 19.1 Å².